The molecule has 0 unspecified atom stereocenters. The average Bonchev–Trinajstić information content (AvgIpc) is 2.70. The second-order valence-electron chi connectivity index (χ2n) is 7.41. The number of nitrogens with one attached hydrogen (secondary N) is 1. The van der Waals surface area contributed by atoms with Gasteiger partial charge in [0, 0.05) is 22.7 Å². The van der Waals surface area contributed by atoms with E-state index < -0.39 is 5.72 Å². The monoisotopic (exact) mass is 422 g/mol. The van der Waals surface area contributed by atoms with Crippen molar-refractivity contribution in [1.82, 2.24) is 5.32 Å². The predicted octanol–water partition coefficient (Wildman–Crippen LogP) is 6.07. The number of hydrogen-bond donors (Lipinski definition) is 1. The minimum absolute atomic E-state index is 0.0758. The van der Waals surface area contributed by atoms with Crippen molar-refractivity contribution in [3.05, 3.63) is 83.4 Å². The van der Waals surface area contributed by atoms with Gasteiger partial charge in [-0.25, -0.2) is 0 Å². The van der Waals surface area contributed by atoms with Crippen LogP contribution >= 0.6 is 23.8 Å². The van der Waals surface area contributed by atoms with Crippen LogP contribution in [-0.4, -0.2) is 10.8 Å². The van der Waals surface area contributed by atoms with Crippen molar-refractivity contribution in [3.8, 4) is 17.2 Å². The normalized spacial score (nSPS) is 22.3. The second kappa shape index (κ2) is 6.94. The molecule has 2 atom stereocenters. The van der Waals surface area contributed by atoms with Gasteiger partial charge in [0.2, 0.25) is 0 Å². The highest BCUT2D eigenvalue weighted by molar-refractivity contribution is 7.80. The van der Waals surface area contributed by atoms with Gasteiger partial charge in [0.25, 0.3) is 0 Å². The molecule has 0 aliphatic carbocycles. The van der Waals surface area contributed by atoms with Gasteiger partial charge >= 0.3 is 0 Å². The molecule has 146 valence electrons. The van der Waals surface area contributed by atoms with E-state index in [1.807, 2.05) is 77.7 Å². The number of anilines is 1. The lowest BCUT2D eigenvalue weighted by Gasteiger charge is -2.52. The zero-order valence-corrected chi connectivity index (χ0v) is 17.3. The summed E-state index contributed by atoms with van der Waals surface area (Å²) in [5.74, 6) is 2.40. The van der Waals surface area contributed by atoms with E-state index in [0.29, 0.717) is 10.1 Å². The van der Waals surface area contributed by atoms with Crippen LogP contribution in [0.4, 0.5) is 5.69 Å². The average molecular weight is 423 g/mol. The molecule has 0 saturated carbocycles. The van der Waals surface area contributed by atoms with Gasteiger partial charge in [0.05, 0.1) is 6.04 Å². The first-order valence-electron chi connectivity index (χ1n) is 9.44. The molecule has 0 amide bonds. The molecule has 2 aliphatic rings. The predicted molar refractivity (Wildman–Crippen MR) is 119 cm³/mol. The van der Waals surface area contributed by atoms with Crippen LogP contribution in [0.15, 0.2) is 72.8 Å². The molecule has 4 nitrogen and oxygen atoms in total. The molecule has 0 spiro atoms. The number of benzene rings is 3. The van der Waals surface area contributed by atoms with Crippen LogP contribution in [0.1, 0.15) is 24.9 Å². The number of para-hydroxylation sites is 1. The van der Waals surface area contributed by atoms with Crippen molar-refractivity contribution >= 4 is 34.6 Å². The van der Waals surface area contributed by atoms with E-state index in [1.54, 1.807) is 0 Å². The largest absolute Gasteiger partial charge is 0.467 e. The van der Waals surface area contributed by atoms with Gasteiger partial charge in [-0.3, -0.25) is 4.90 Å². The van der Waals surface area contributed by atoms with Gasteiger partial charge < -0.3 is 14.8 Å². The fraction of sp³-hybridized carbons (Fsp3) is 0.174. The van der Waals surface area contributed by atoms with E-state index in [2.05, 4.69) is 12.2 Å². The van der Waals surface area contributed by atoms with Crippen LogP contribution in [0.5, 0.6) is 17.2 Å². The summed E-state index contributed by atoms with van der Waals surface area (Å²) in [6.07, 6.45) is 0.753. The lowest BCUT2D eigenvalue weighted by atomic mass is 9.90. The first-order valence-corrected chi connectivity index (χ1v) is 10.2. The number of nitrogens with zero attached hydrogens (tertiary/aromatic N) is 1. The number of rotatable bonds is 3. The summed E-state index contributed by atoms with van der Waals surface area (Å²) in [5, 5.41) is 4.77. The van der Waals surface area contributed by atoms with Crippen molar-refractivity contribution in [3.63, 3.8) is 0 Å². The van der Waals surface area contributed by atoms with Crippen molar-refractivity contribution in [2.24, 2.45) is 0 Å². The Morgan fingerprint density at radius 3 is 2.55 bits per heavy atom. The lowest BCUT2D eigenvalue weighted by Crippen LogP contribution is -2.65. The first-order chi connectivity index (χ1) is 14.0. The van der Waals surface area contributed by atoms with E-state index in [0.717, 1.165) is 34.9 Å². The first kappa shape index (κ1) is 18.3. The van der Waals surface area contributed by atoms with E-state index in [-0.39, 0.29) is 6.04 Å². The van der Waals surface area contributed by atoms with E-state index in [9.17, 15) is 0 Å². The molecular formula is C23H19ClN2O2S. The Morgan fingerprint density at radius 1 is 1.07 bits per heavy atom. The molecule has 2 bridgehead atoms. The van der Waals surface area contributed by atoms with Crippen molar-refractivity contribution in [2.45, 2.75) is 25.1 Å². The minimum Gasteiger partial charge on any atom is -0.467 e. The van der Waals surface area contributed by atoms with Crippen LogP contribution < -0.4 is 19.7 Å². The number of fused-ring (bicyclic) bond motifs is 4. The maximum atomic E-state index is 6.42. The third-order valence-corrected chi connectivity index (χ3v) is 5.84. The fourth-order valence-corrected chi connectivity index (χ4v) is 4.65. The molecular weight excluding hydrogens is 404 g/mol. The highest BCUT2D eigenvalue weighted by atomic mass is 35.5. The van der Waals surface area contributed by atoms with Gasteiger partial charge in [-0.2, -0.15) is 0 Å². The SMILES string of the molecule is C[C@@]12C[C@@H](NC(=S)N1c1ccc(Oc3ccccc3)cc1)c1cc(Cl)ccc1O2. The molecule has 3 aromatic carbocycles. The topological polar surface area (TPSA) is 33.7 Å². The molecule has 6 heteroatoms. The highest BCUT2D eigenvalue weighted by Crippen LogP contribution is 2.46. The smallest absolute Gasteiger partial charge is 0.188 e. The summed E-state index contributed by atoms with van der Waals surface area (Å²) in [5.41, 5.74) is 1.40. The summed E-state index contributed by atoms with van der Waals surface area (Å²) in [7, 11) is 0. The molecule has 0 aromatic heterocycles. The molecule has 5 rings (SSSR count). The Hall–Kier alpha value is -2.76. The number of thiocarbonyl (C=S) groups is 1. The Morgan fingerprint density at radius 2 is 1.79 bits per heavy atom. The number of halogens is 1. The zero-order valence-electron chi connectivity index (χ0n) is 15.8. The summed E-state index contributed by atoms with van der Waals surface area (Å²) in [4.78, 5) is 2.03. The Kier molecular flexibility index (Phi) is 4.37. The van der Waals surface area contributed by atoms with Crippen LogP contribution in [0.25, 0.3) is 0 Å². The van der Waals surface area contributed by atoms with Gasteiger partial charge in [0.15, 0.2) is 10.8 Å². The molecule has 3 aromatic rings. The van der Waals surface area contributed by atoms with E-state index in [4.69, 9.17) is 33.3 Å². The van der Waals surface area contributed by atoms with Crippen LogP contribution in [0.3, 0.4) is 0 Å². The van der Waals surface area contributed by atoms with Gasteiger partial charge in [-0.1, -0.05) is 29.8 Å². The highest BCUT2D eigenvalue weighted by Gasteiger charge is 2.48. The molecule has 1 N–H and O–H groups in total. The van der Waals surface area contributed by atoms with Crippen molar-refractivity contribution in [1.29, 1.82) is 0 Å². The Labute approximate surface area is 180 Å². The summed E-state index contributed by atoms with van der Waals surface area (Å²) in [6.45, 7) is 2.07. The van der Waals surface area contributed by atoms with E-state index >= 15 is 0 Å². The summed E-state index contributed by atoms with van der Waals surface area (Å²) < 4.78 is 12.3. The van der Waals surface area contributed by atoms with Crippen molar-refractivity contribution in [2.75, 3.05) is 4.90 Å². The molecule has 29 heavy (non-hydrogen) atoms. The van der Waals surface area contributed by atoms with Crippen molar-refractivity contribution < 1.29 is 9.47 Å². The molecule has 1 saturated heterocycles. The fourth-order valence-electron chi connectivity index (χ4n) is 4.02. The standard InChI is InChI=1S/C23H19ClN2O2S/c1-23-14-20(19-13-15(24)7-12-21(19)28-23)25-22(29)26(23)16-8-10-18(11-9-16)27-17-5-3-2-4-6-17/h2-13,20H,14H2,1H3,(H,25,29)/t20-,23-/m1/s1. The molecule has 2 aliphatic heterocycles. The zero-order chi connectivity index (χ0) is 20.0. The van der Waals surface area contributed by atoms with E-state index in [1.165, 1.54) is 0 Å². The van der Waals surface area contributed by atoms with Crippen LogP contribution in [-0.2, 0) is 0 Å². The van der Waals surface area contributed by atoms with Crippen LogP contribution in [0, 0.1) is 0 Å². The lowest BCUT2D eigenvalue weighted by molar-refractivity contribution is 0.0498. The molecule has 2 heterocycles. The maximum Gasteiger partial charge on any atom is 0.188 e. The third-order valence-electron chi connectivity index (χ3n) is 5.31. The Balaban J connectivity index is 1.44. The van der Waals surface area contributed by atoms with Crippen LogP contribution in [0.2, 0.25) is 5.02 Å². The second-order valence-corrected chi connectivity index (χ2v) is 8.23. The molecule has 0 radical (unpaired) electrons. The molecule has 1 fully saturated rings. The third kappa shape index (κ3) is 3.30. The van der Waals surface area contributed by atoms with Gasteiger partial charge in [-0.15, -0.1) is 0 Å². The summed E-state index contributed by atoms with van der Waals surface area (Å²) in [6, 6.07) is 23.4. The van der Waals surface area contributed by atoms with Gasteiger partial charge in [-0.05, 0) is 73.7 Å². The van der Waals surface area contributed by atoms with Gasteiger partial charge in [0.1, 0.15) is 17.2 Å². The minimum atomic E-state index is -0.588. The Bertz CT molecular complexity index is 1070. The number of hydrogen-bond acceptors (Lipinski definition) is 3. The number of ether oxygens (including phenoxy) is 2. The maximum absolute atomic E-state index is 6.42. The quantitative estimate of drug-likeness (QED) is 0.518. The summed E-state index contributed by atoms with van der Waals surface area (Å²) >= 11 is 11.9.